The van der Waals surface area contributed by atoms with Gasteiger partial charge < -0.3 is 11.1 Å². The molecule has 1 aliphatic rings. The molecule has 0 amide bonds. The van der Waals surface area contributed by atoms with Gasteiger partial charge in [-0.05, 0) is 38.1 Å². The molecule has 0 aliphatic heterocycles. The fourth-order valence-corrected chi connectivity index (χ4v) is 2.44. The van der Waals surface area contributed by atoms with Crippen LogP contribution in [0.3, 0.4) is 0 Å². The summed E-state index contributed by atoms with van der Waals surface area (Å²) in [6, 6.07) is 0.482. The summed E-state index contributed by atoms with van der Waals surface area (Å²) in [5.41, 5.74) is 5.55. The van der Waals surface area contributed by atoms with E-state index in [4.69, 9.17) is 5.73 Å². The number of rotatable bonds is 5. The Balaban J connectivity index is 2.05. The maximum atomic E-state index is 5.55. The molecule has 1 saturated carbocycles. The van der Waals surface area contributed by atoms with Crippen LogP contribution >= 0.6 is 0 Å². The predicted octanol–water partition coefficient (Wildman–Crippen LogP) is 2.14. The number of hydrogen-bond acceptors (Lipinski definition) is 2. The summed E-state index contributed by atoms with van der Waals surface area (Å²) in [4.78, 5) is 0. The molecule has 14 heavy (non-hydrogen) atoms. The van der Waals surface area contributed by atoms with Crippen molar-refractivity contribution in [1.82, 2.24) is 5.32 Å². The molecule has 3 N–H and O–H groups in total. The van der Waals surface area contributed by atoms with Gasteiger partial charge in [0.05, 0.1) is 0 Å². The second-order valence-electron chi connectivity index (χ2n) is 5.02. The van der Waals surface area contributed by atoms with Gasteiger partial charge in [-0.1, -0.05) is 26.2 Å². The number of nitrogens with two attached hydrogens (primary N) is 1. The molecule has 0 spiro atoms. The van der Waals surface area contributed by atoms with Crippen LogP contribution in [0, 0.1) is 11.8 Å². The summed E-state index contributed by atoms with van der Waals surface area (Å²) in [6.07, 6.45) is 7.12. The Morgan fingerprint density at radius 1 is 1.43 bits per heavy atom. The van der Waals surface area contributed by atoms with Crippen molar-refractivity contribution in [3.63, 3.8) is 0 Å². The molecule has 3 atom stereocenters. The van der Waals surface area contributed by atoms with E-state index in [1.807, 2.05) is 0 Å². The van der Waals surface area contributed by atoms with Gasteiger partial charge in [0.25, 0.3) is 0 Å². The SMILES string of the molecule is CC1CCCC(CCNC(C)CN)C1. The van der Waals surface area contributed by atoms with E-state index in [1.165, 1.54) is 32.1 Å². The average molecular weight is 198 g/mol. The largest absolute Gasteiger partial charge is 0.329 e. The first kappa shape index (κ1) is 12.0. The van der Waals surface area contributed by atoms with E-state index in [-0.39, 0.29) is 0 Å². The first-order valence-electron chi connectivity index (χ1n) is 6.15. The fraction of sp³-hybridized carbons (Fsp3) is 1.00. The molecule has 1 fully saturated rings. The van der Waals surface area contributed by atoms with Crippen LogP contribution in [-0.4, -0.2) is 19.1 Å². The monoisotopic (exact) mass is 198 g/mol. The summed E-state index contributed by atoms with van der Waals surface area (Å²) >= 11 is 0. The molecular weight excluding hydrogens is 172 g/mol. The van der Waals surface area contributed by atoms with E-state index in [2.05, 4.69) is 19.2 Å². The van der Waals surface area contributed by atoms with E-state index in [0.717, 1.165) is 24.9 Å². The van der Waals surface area contributed by atoms with Crippen molar-refractivity contribution in [3.05, 3.63) is 0 Å². The molecule has 0 saturated heterocycles. The summed E-state index contributed by atoms with van der Waals surface area (Å²) in [6.45, 7) is 6.45. The Labute approximate surface area is 88.6 Å². The highest BCUT2D eigenvalue weighted by atomic mass is 14.9. The maximum Gasteiger partial charge on any atom is 0.0161 e. The van der Waals surface area contributed by atoms with E-state index < -0.39 is 0 Å². The van der Waals surface area contributed by atoms with E-state index in [0.29, 0.717) is 6.04 Å². The molecule has 2 heteroatoms. The minimum absolute atomic E-state index is 0.482. The molecule has 0 radical (unpaired) electrons. The Hall–Kier alpha value is -0.0800. The molecule has 0 aromatic carbocycles. The summed E-state index contributed by atoms with van der Waals surface area (Å²) in [5.74, 6) is 1.93. The van der Waals surface area contributed by atoms with Gasteiger partial charge in [-0.3, -0.25) is 0 Å². The molecule has 1 rings (SSSR count). The van der Waals surface area contributed by atoms with Crippen LogP contribution in [0.25, 0.3) is 0 Å². The molecular formula is C12H26N2. The van der Waals surface area contributed by atoms with Crippen molar-refractivity contribution in [1.29, 1.82) is 0 Å². The fourth-order valence-electron chi connectivity index (χ4n) is 2.44. The molecule has 1 aliphatic carbocycles. The van der Waals surface area contributed by atoms with Crippen LogP contribution in [0.1, 0.15) is 46.0 Å². The maximum absolute atomic E-state index is 5.55. The van der Waals surface area contributed by atoms with Crippen LogP contribution in [0.2, 0.25) is 0 Å². The Morgan fingerprint density at radius 2 is 2.21 bits per heavy atom. The summed E-state index contributed by atoms with van der Waals surface area (Å²) in [5, 5.41) is 3.47. The van der Waals surface area contributed by atoms with Crippen molar-refractivity contribution in [2.45, 2.75) is 52.0 Å². The van der Waals surface area contributed by atoms with Gasteiger partial charge in [0.15, 0.2) is 0 Å². The first-order valence-corrected chi connectivity index (χ1v) is 6.15. The van der Waals surface area contributed by atoms with Crippen molar-refractivity contribution in [2.75, 3.05) is 13.1 Å². The lowest BCUT2D eigenvalue weighted by Crippen LogP contribution is -2.34. The highest BCUT2D eigenvalue weighted by Crippen LogP contribution is 2.30. The summed E-state index contributed by atoms with van der Waals surface area (Å²) < 4.78 is 0. The highest BCUT2D eigenvalue weighted by Gasteiger charge is 2.18. The summed E-state index contributed by atoms with van der Waals surface area (Å²) in [7, 11) is 0. The van der Waals surface area contributed by atoms with Crippen LogP contribution in [0.15, 0.2) is 0 Å². The molecule has 0 aromatic rings. The third-order valence-electron chi connectivity index (χ3n) is 3.44. The van der Waals surface area contributed by atoms with Gasteiger partial charge in [0.2, 0.25) is 0 Å². The van der Waals surface area contributed by atoms with Gasteiger partial charge in [-0.2, -0.15) is 0 Å². The molecule has 0 bridgehead atoms. The van der Waals surface area contributed by atoms with Crippen molar-refractivity contribution >= 4 is 0 Å². The average Bonchev–Trinajstić information content (AvgIpc) is 2.17. The smallest absolute Gasteiger partial charge is 0.0161 e. The lowest BCUT2D eigenvalue weighted by Gasteiger charge is -2.27. The van der Waals surface area contributed by atoms with Gasteiger partial charge in [0, 0.05) is 12.6 Å². The third kappa shape index (κ3) is 4.43. The topological polar surface area (TPSA) is 38.0 Å². The third-order valence-corrected chi connectivity index (χ3v) is 3.44. The standard InChI is InChI=1S/C12H26N2/c1-10-4-3-5-12(8-10)6-7-14-11(2)9-13/h10-12,14H,3-9,13H2,1-2H3. The van der Waals surface area contributed by atoms with E-state index in [9.17, 15) is 0 Å². The first-order chi connectivity index (χ1) is 6.72. The Bertz CT molecular complexity index is 147. The zero-order chi connectivity index (χ0) is 10.4. The quantitative estimate of drug-likeness (QED) is 0.710. The van der Waals surface area contributed by atoms with Gasteiger partial charge in [-0.15, -0.1) is 0 Å². The van der Waals surface area contributed by atoms with Crippen LogP contribution in [-0.2, 0) is 0 Å². The van der Waals surface area contributed by atoms with Crippen LogP contribution < -0.4 is 11.1 Å². The lowest BCUT2D eigenvalue weighted by molar-refractivity contribution is 0.265. The predicted molar refractivity (Wildman–Crippen MR) is 62.3 cm³/mol. The van der Waals surface area contributed by atoms with E-state index >= 15 is 0 Å². The Morgan fingerprint density at radius 3 is 2.86 bits per heavy atom. The van der Waals surface area contributed by atoms with Gasteiger partial charge in [-0.25, -0.2) is 0 Å². The lowest BCUT2D eigenvalue weighted by atomic mass is 9.81. The second kappa shape index (κ2) is 6.41. The normalized spacial score (nSPS) is 30.2. The van der Waals surface area contributed by atoms with Crippen LogP contribution in [0.5, 0.6) is 0 Å². The second-order valence-corrected chi connectivity index (χ2v) is 5.02. The van der Waals surface area contributed by atoms with Crippen molar-refractivity contribution in [3.8, 4) is 0 Å². The van der Waals surface area contributed by atoms with Crippen molar-refractivity contribution in [2.24, 2.45) is 17.6 Å². The van der Waals surface area contributed by atoms with E-state index in [1.54, 1.807) is 0 Å². The molecule has 0 heterocycles. The minimum Gasteiger partial charge on any atom is -0.329 e. The van der Waals surface area contributed by atoms with Crippen LogP contribution in [0.4, 0.5) is 0 Å². The number of hydrogen-bond donors (Lipinski definition) is 2. The molecule has 84 valence electrons. The molecule has 0 aromatic heterocycles. The minimum atomic E-state index is 0.482. The zero-order valence-electron chi connectivity index (χ0n) is 9.76. The molecule has 3 unspecified atom stereocenters. The number of nitrogens with one attached hydrogen (secondary N) is 1. The zero-order valence-corrected chi connectivity index (χ0v) is 9.76. The van der Waals surface area contributed by atoms with Gasteiger partial charge in [0.1, 0.15) is 0 Å². The highest BCUT2D eigenvalue weighted by molar-refractivity contribution is 4.72. The Kier molecular flexibility index (Phi) is 5.49. The van der Waals surface area contributed by atoms with Gasteiger partial charge >= 0.3 is 0 Å². The van der Waals surface area contributed by atoms with Crippen molar-refractivity contribution < 1.29 is 0 Å². The molecule has 2 nitrogen and oxygen atoms in total.